The molecule has 28 heavy (non-hydrogen) atoms. The van der Waals surface area contributed by atoms with E-state index in [1.807, 2.05) is 61.5 Å². The maximum Gasteiger partial charge on any atom is 0.339 e. The summed E-state index contributed by atoms with van der Waals surface area (Å²) in [7, 11) is 1.58. The number of benzene rings is 2. The van der Waals surface area contributed by atoms with Gasteiger partial charge in [0.05, 0.1) is 12.7 Å². The number of hydrogen-bond acceptors (Lipinski definition) is 4. The van der Waals surface area contributed by atoms with Crippen molar-refractivity contribution in [3.05, 3.63) is 65.7 Å². The van der Waals surface area contributed by atoms with Gasteiger partial charge in [0, 0.05) is 11.6 Å². The molecule has 2 aromatic carbocycles. The minimum absolute atomic E-state index is 0.0499. The van der Waals surface area contributed by atoms with E-state index < -0.39 is 5.97 Å². The van der Waals surface area contributed by atoms with Crippen molar-refractivity contribution in [2.45, 2.75) is 32.7 Å². The van der Waals surface area contributed by atoms with Crippen molar-refractivity contribution in [1.29, 1.82) is 0 Å². The average Bonchev–Trinajstić information content (AvgIpc) is 2.71. The molecule has 0 heterocycles. The lowest BCUT2D eigenvalue weighted by Gasteiger charge is -2.14. The summed E-state index contributed by atoms with van der Waals surface area (Å²) in [5, 5.41) is 2.83. The Morgan fingerprint density at radius 1 is 1.07 bits per heavy atom. The predicted molar refractivity (Wildman–Crippen MR) is 111 cm³/mol. The minimum atomic E-state index is -0.560. The average molecular weight is 381 g/mol. The van der Waals surface area contributed by atoms with Crippen LogP contribution in [-0.4, -0.2) is 31.6 Å². The quantitative estimate of drug-likeness (QED) is 0.404. The first-order valence-corrected chi connectivity index (χ1v) is 9.41. The van der Waals surface area contributed by atoms with Crippen LogP contribution in [-0.2, 0) is 14.3 Å². The Balaban J connectivity index is 2.19. The highest BCUT2D eigenvalue weighted by Crippen LogP contribution is 2.25. The molecule has 1 atom stereocenters. The van der Waals surface area contributed by atoms with Crippen LogP contribution in [0.5, 0.6) is 5.75 Å². The van der Waals surface area contributed by atoms with Crippen molar-refractivity contribution in [2.75, 3.05) is 13.7 Å². The molecule has 0 spiro atoms. The van der Waals surface area contributed by atoms with Crippen LogP contribution >= 0.6 is 0 Å². The zero-order valence-electron chi connectivity index (χ0n) is 16.6. The van der Waals surface area contributed by atoms with Gasteiger partial charge in [-0.2, -0.15) is 0 Å². The number of carbonyl (C=O) groups excluding carboxylic acids is 2. The molecule has 0 aliphatic carbocycles. The fourth-order valence-corrected chi connectivity index (χ4v) is 2.85. The number of amides is 1. The number of ether oxygens (including phenoxy) is 2. The summed E-state index contributed by atoms with van der Waals surface area (Å²) >= 11 is 0. The lowest BCUT2D eigenvalue weighted by molar-refractivity contribution is -0.143. The summed E-state index contributed by atoms with van der Waals surface area (Å²) in [6.45, 7) is 3.67. The Bertz CT molecular complexity index is 814. The summed E-state index contributed by atoms with van der Waals surface area (Å²) in [6.07, 6.45) is 3.57. The second-order valence-electron chi connectivity index (χ2n) is 6.50. The molecule has 0 radical (unpaired) electrons. The topological polar surface area (TPSA) is 64.6 Å². The molecule has 0 bridgehead atoms. The molecule has 0 saturated heterocycles. The molecule has 5 heteroatoms. The Kier molecular flexibility index (Phi) is 8.28. The lowest BCUT2D eigenvalue weighted by atomic mass is 10.0. The van der Waals surface area contributed by atoms with Crippen molar-refractivity contribution in [2.24, 2.45) is 0 Å². The molecule has 5 nitrogen and oxygen atoms in total. The summed E-state index contributed by atoms with van der Waals surface area (Å²) in [6, 6.07) is 16.7. The zero-order valence-corrected chi connectivity index (χ0v) is 16.6. The molecule has 148 valence electrons. The number of carbonyl (C=O) groups is 2. The number of nitrogens with one attached hydrogen (secondary N) is 1. The summed E-state index contributed by atoms with van der Waals surface area (Å²) in [5.41, 5.74) is 1.82. The van der Waals surface area contributed by atoms with Gasteiger partial charge in [-0.1, -0.05) is 61.9 Å². The molecule has 0 fully saturated rings. The Labute approximate surface area is 166 Å². The molecule has 1 N–H and O–H groups in total. The van der Waals surface area contributed by atoms with Crippen LogP contribution in [0.15, 0.2) is 54.6 Å². The first-order valence-electron chi connectivity index (χ1n) is 9.41. The van der Waals surface area contributed by atoms with E-state index in [2.05, 4.69) is 12.2 Å². The third-order valence-corrected chi connectivity index (χ3v) is 4.21. The molecule has 0 aliphatic rings. The molecule has 0 aromatic heterocycles. The first-order chi connectivity index (χ1) is 13.5. The van der Waals surface area contributed by atoms with E-state index in [9.17, 15) is 9.59 Å². The second kappa shape index (κ2) is 10.9. The molecule has 0 unspecified atom stereocenters. The Morgan fingerprint density at radius 2 is 1.75 bits per heavy atom. The van der Waals surface area contributed by atoms with Gasteiger partial charge >= 0.3 is 5.97 Å². The van der Waals surface area contributed by atoms with Gasteiger partial charge < -0.3 is 14.8 Å². The third-order valence-electron chi connectivity index (χ3n) is 4.21. The van der Waals surface area contributed by atoms with E-state index in [0.717, 1.165) is 18.4 Å². The van der Waals surface area contributed by atoms with Gasteiger partial charge in [-0.15, -0.1) is 0 Å². The Hall–Kier alpha value is -3.08. The monoisotopic (exact) mass is 381 g/mol. The number of para-hydroxylation sites is 1. The molecule has 2 rings (SSSR count). The van der Waals surface area contributed by atoms with Gasteiger partial charge in [-0.25, -0.2) is 4.79 Å². The fourth-order valence-electron chi connectivity index (χ4n) is 2.85. The predicted octanol–water partition coefficient (Wildman–Crippen LogP) is 4.08. The molecule has 0 aliphatic heterocycles. The van der Waals surface area contributed by atoms with E-state index in [1.165, 1.54) is 0 Å². The zero-order chi connectivity index (χ0) is 20.4. The van der Waals surface area contributed by atoms with Crippen molar-refractivity contribution >= 4 is 23.5 Å². The molecule has 0 saturated carbocycles. The van der Waals surface area contributed by atoms with Crippen LogP contribution in [0.2, 0.25) is 0 Å². The normalized spacial score (nSPS) is 12.2. The summed E-state index contributed by atoms with van der Waals surface area (Å²) in [5.74, 6) is -0.218. The first kappa shape index (κ1) is 21.2. The number of methoxy groups -OCH3 is 1. The minimum Gasteiger partial charge on any atom is -0.496 e. The van der Waals surface area contributed by atoms with Crippen LogP contribution in [0.25, 0.3) is 11.6 Å². The van der Waals surface area contributed by atoms with E-state index >= 15 is 0 Å². The molecule has 1 amide bonds. The second-order valence-corrected chi connectivity index (χ2v) is 6.50. The number of esters is 1. The largest absolute Gasteiger partial charge is 0.496 e. The van der Waals surface area contributed by atoms with E-state index in [4.69, 9.17) is 9.47 Å². The van der Waals surface area contributed by atoms with Crippen LogP contribution in [0.4, 0.5) is 0 Å². The van der Waals surface area contributed by atoms with Gasteiger partial charge in [0.2, 0.25) is 0 Å². The van der Waals surface area contributed by atoms with Gasteiger partial charge in [-0.05, 0) is 31.1 Å². The van der Waals surface area contributed by atoms with Crippen molar-refractivity contribution in [1.82, 2.24) is 5.32 Å². The molecular weight excluding hydrogens is 354 g/mol. The maximum absolute atomic E-state index is 12.8. The Morgan fingerprint density at radius 3 is 2.43 bits per heavy atom. The van der Waals surface area contributed by atoms with Crippen molar-refractivity contribution in [3.8, 4) is 5.75 Å². The van der Waals surface area contributed by atoms with Gasteiger partial charge in [-0.3, -0.25) is 4.79 Å². The highest BCUT2D eigenvalue weighted by atomic mass is 16.5. The SMILES string of the molecule is CCC[C@@H](C)NC(=O)COC(=O)/C(=C/c1ccccc1OC)c1ccccc1. The van der Waals surface area contributed by atoms with Gasteiger partial charge in [0.15, 0.2) is 6.61 Å². The van der Waals surface area contributed by atoms with E-state index in [1.54, 1.807) is 13.2 Å². The maximum atomic E-state index is 12.8. The van der Waals surface area contributed by atoms with Gasteiger partial charge in [0.1, 0.15) is 5.75 Å². The summed E-state index contributed by atoms with van der Waals surface area (Å²) in [4.78, 5) is 24.8. The van der Waals surface area contributed by atoms with E-state index in [-0.39, 0.29) is 18.6 Å². The highest BCUT2D eigenvalue weighted by molar-refractivity contribution is 6.22. The van der Waals surface area contributed by atoms with Crippen LogP contribution in [0, 0.1) is 0 Å². The smallest absolute Gasteiger partial charge is 0.339 e. The van der Waals surface area contributed by atoms with Crippen LogP contribution in [0.1, 0.15) is 37.8 Å². The van der Waals surface area contributed by atoms with Crippen molar-refractivity contribution < 1.29 is 19.1 Å². The fraction of sp³-hybridized carbons (Fsp3) is 0.304. The standard InChI is InChI=1S/C23H27NO4/c1-4-10-17(2)24-22(25)16-28-23(26)20(18-11-6-5-7-12-18)15-19-13-8-9-14-21(19)27-3/h5-9,11-15,17H,4,10,16H2,1-3H3,(H,24,25)/b20-15+/t17-/m1/s1. The van der Waals surface area contributed by atoms with Gasteiger partial charge in [0.25, 0.3) is 5.91 Å². The van der Waals surface area contributed by atoms with Crippen molar-refractivity contribution in [3.63, 3.8) is 0 Å². The highest BCUT2D eigenvalue weighted by Gasteiger charge is 2.17. The third kappa shape index (κ3) is 6.27. The summed E-state index contributed by atoms with van der Waals surface area (Å²) < 4.78 is 10.7. The number of hydrogen-bond donors (Lipinski definition) is 1. The lowest BCUT2D eigenvalue weighted by Crippen LogP contribution is -2.35. The molecular formula is C23H27NO4. The van der Waals surface area contributed by atoms with Crippen LogP contribution < -0.4 is 10.1 Å². The van der Waals surface area contributed by atoms with E-state index in [0.29, 0.717) is 16.9 Å². The number of rotatable bonds is 9. The van der Waals surface area contributed by atoms with Crippen LogP contribution in [0.3, 0.4) is 0 Å². The molecule has 2 aromatic rings.